The van der Waals surface area contributed by atoms with Gasteiger partial charge in [-0.2, -0.15) is 5.26 Å². The maximum atomic E-state index is 12.7. The van der Waals surface area contributed by atoms with Gasteiger partial charge >= 0.3 is 0 Å². The van der Waals surface area contributed by atoms with E-state index >= 15 is 0 Å². The molecule has 8 heteroatoms. The van der Waals surface area contributed by atoms with Crippen molar-refractivity contribution in [2.75, 3.05) is 17.7 Å². The number of aromatic nitrogens is 3. The van der Waals surface area contributed by atoms with Crippen LogP contribution >= 0.6 is 0 Å². The summed E-state index contributed by atoms with van der Waals surface area (Å²) in [6.07, 6.45) is 6.85. The highest BCUT2D eigenvalue weighted by Gasteiger charge is 2.48. The molecule has 2 aliphatic rings. The topological polar surface area (TPSA) is 103 Å². The van der Waals surface area contributed by atoms with Gasteiger partial charge in [0.25, 0.3) is 0 Å². The van der Waals surface area contributed by atoms with E-state index in [4.69, 9.17) is 5.26 Å². The molecule has 2 aliphatic carbocycles. The number of hydrogen-bond donors (Lipinski definition) is 1. The molecule has 2 aromatic heterocycles. The van der Waals surface area contributed by atoms with Crippen LogP contribution in [0.15, 0.2) is 18.6 Å². The zero-order valence-electron chi connectivity index (χ0n) is 15.7. The second kappa shape index (κ2) is 6.48. The molecular weight excluding hydrogens is 362 g/mol. The third-order valence-electron chi connectivity index (χ3n) is 6.35. The lowest BCUT2D eigenvalue weighted by molar-refractivity contribution is 0.170. The van der Waals surface area contributed by atoms with Crippen molar-refractivity contribution < 1.29 is 8.42 Å². The number of sulfone groups is 1. The molecular formula is C19H25N5O2S. The zero-order chi connectivity index (χ0) is 19.2. The molecule has 0 aliphatic heterocycles. The van der Waals surface area contributed by atoms with Gasteiger partial charge in [-0.15, -0.1) is 0 Å². The van der Waals surface area contributed by atoms with Crippen LogP contribution in [0.5, 0.6) is 0 Å². The monoisotopic (exact) mass is 387 g/mol. The van der Waals surface area contributed by atoms with Crippen LogP contribution in [0.4, 0.5) is 5.82 Å². The minimum Gasteiger partial charge on any atom is -0.356 e. The number of rotatable bonds is 6. The Labute approximate surface area is 159 Å². The number of aromatic amines is 1. The van der Waals surface area contributed by atoms with Crippen LogP contribution < -0.4 is 4.90 Å². The summed E-state index contributed by atoms with van der Waals surface area (Å²) in [5.74, 6) is 1.38. The van der Waals surface area contributed by atoms with E-state index in [1.54, 1.807) is 6.33 Å². The Kier molecular flexibility index (Phi) is 4.38. The molecule has 0 aromatic carbocycles. The van der Waals surface area contributed by atoms with Gasteiger partial charge in [0, 0.05) is 25.7 Å². The number of fused-ring (bicyclic) bond motifs is 1. The van der Waals surface area contributed by atoms with Crippen molar-refractivity contribution in [2.45, 2.75) is 50.3 Å². The molecule has 0 amide bonds. The first-order valence-corrected chi connectivity index (χ1v) is 11.1. The summed E-state index contributed by atoms with van der Waals surface area (Å²) >= 11 is 0. The van der Waals surface area contributed by atoms with Crippen LogP contribution in [0.25, 0.3) is 11.0 Å². The van der Waals surface area contributed by atoms with Crippen LogP contribution in [0.1, 0.15) is 39.0 Å². The van der Waals surface area contributed by atoms with Crippen molar-refractivity contribution in [2.24, 2.45) is 11.3 Å². The first kappa shape index (κ1) is 18.2. The van der Waals surface area contributed by atoms with Crippen LogP contribution in [-0.2, 0) is 9.84 Å². The van der Waals surface area contributed by atoms with Crippen molar-refractivity contribution in [1.82, 2.24) is 15.0 Å². The molecule has 0 unspecified atom stereocenters. The van der Waals surface area contributed by atoms with E-state index in [9.17, 15) is 8.42 Å². The van der Waals surface area contributed by atoms with Crippen LogP contribution in [0.3, 0.4) is 0 Å². The highest BCUT2D eigenvalue weighted by atomic mass is 32.2. The first-order chi connectivity index (χ1) is 12.8. The number of anilines is 1. The van der Waals surface area contributed by atoms with Crippen molar-refractivity contribution in [1.29, 1.82) is 5.26 Å². The van der Waals surface area contributed by atoms with Gasteiger partial charge in [0.15, 0.2) is 9.84 Å². The number of nitrogens with one attached hydrogen (secondary N) is 1. The van der Waals surface area contributed by atoms with Gasteiger partial charge < -0.3 is 9.88 Å². The van der Waals surface area contributed by atoms with E-state index in [0.29, 0.717) is 25.3 Å². The number of nitrogens with zero attached hydrogens (tertiary/aromatic N) is 4. The summed E-state index contributed by atoms with van der Waals surface area (Å²) in [6, 6.07) is 4.45. The van der Waals surface area contributed by atoms with Gasteiger partial charge in [0.1, 0.15) is 17.8 Å². The normalized spacial score (nSPS) is 30.3. The maximum Gasteiger partial charge on any atom is 0.153 e. The molecule has 2 heterocycles. The molecule has 0 bridgehead atoms. The smallest absolute Gasteiger partial charge is 0.153 e. The van der Waals surface area contributed by atoms with Gasteiger partial charge in [0.2, 0.25) is 0 Å². The molecule has 2 aromatic rings. The van der Waals surface area contributed by atoms with Crippen molar-refractivity contribution in [3.8, 4) is 6.07 Å². The molecule has 2 fully saturated rings. The molecule has 2 saturated carbocycles. The largest absolute Gasteiger partial charge is 0.356 e. The van der Waals surface area contributed by atoms with Gasteiger partial charge in [-0.1, -0.05) is 6.92 Å². The standard InChI is InChI=1S/C19H25N5O2S/c1-19(4-5-20)9-15(10-19)27(25,26)11-13-7-14(8-13)24(2)18-16-3-6-21-17(16)22-12-23-18/h3,6,12-15H,4,7-11H2,1-2H3,(H,21,22,23). The predicted octanol–water partition coefficient (Wildman–Crippen LogP) is 2.67. The second-order valence-corrected chi connectivity index (χ2v) is 10.9. The molecule has 27 heavy (non-hydrogen) atoms. The average molecular weight is 388 g/mol. The molecule has 4 rings (SSSR count). The summed E-state index contributed by atoms with van der Waals surface area (Å²) < 4.78 is 25.3. The Morgan fingerprint density at radius 1 is 1.37 bits per heavy atom. The molecule has 0 spiro atoms. The van der Waals surface area contributed by atoms with Crippen LogP contribution in [0.2, 0.25) is 0 Å². The Morgan fingerprint density at radius 2 is 2.11 bits per heavy atom. The lowest BCUT2D eigenvalue weighted by Crippen LogP contribution is -2.49. The summed E-state index contributed by atoms with van der Waals surface area (Å²) in [7, 11) is -1.05. The molecule has 1 N–H and O–H groups in total. The number of nitriles is 1. The Hall–Kier alpha value is -2.14. The van der Waals surface area contributed by atoms with Crippen molar-refractivity contribution in [3.63, 3.8) is 0 Å². The van der Waals surface area contributed by atoms with E-state index in [1.807, 2.05) is 26.2 Å². The van der Waals surface area contributed by atoms with Crippen LogP contribution in [0, 0.1) is 22.7 Å². The van der Waals surface area contributed by atoms with E-state index in [2.05, 4.69) is 25.9 Å². The van der Waals surface area contributed by atoms with E-state index in [-0.39, 0.29) is 22.3 Å². The van der Waals surface area contributed by atoms with E-state index in [1.165, 1.54) is 0 Å². The van der Waals surface area contributed by atoms with E-state index < -0.39 is 9.84 Å². The Morgan fingerprint density at radius 3 is 2.81 bits per heavy atom. The molecule has 0 radical (unpaired) electrons. The Bertz CT molecular complexity index is 981. The lowest BCUT2D eigenvalue weighted by atomic mass is 9.68. The SMILES string of the molecule is CN(c1ncnc2[nH]ccc12)C1CC(CS(=O)(=O)C2CC(C)(CC#N)C2)C1. The fourth-order valence-corrected chi connectivity index (χ4v) is 7.07. The zero-order valence-corrected chi connectivity index (χ0v) is 16.5. The second-order valence-electron chi connectivity index (χ2n) is 8.54. The molecule has 7 nitrogen and oxygen atoms in total. The quantitative estimate of drug-likeness (QED) is 0.817. The maximum absolute atomic E-state index is 12.7. The fraction of sp³-hybridized carbons (Fsp3) is 0.632. The summed E-state index contributed by atoms with van der Waals surface area (Å²) in [5.41, 5.74) is 0.708. The van der Waals surface area contributed by atoms with E-state index in [0.717, 1.165) is 29.7 Å². The highest BCUT2D eigenvalue weighted by molar-refractivity contribution is 7.92. The number of H-pyrrole nitrogens is 1. The Balaban J connectivity index is 1.33. The van der Waals surface area contributed by atoms with Crippen LogP contribution in [-0.4, -0.2) is 47.5 Å². The third-order valence-corrected chi connectivity index (χ3v) is 8.63. The summed E-state index contributed by atoms with van der Waals surface area (Å²) in [6.45, 7) is 2.01. The van der Waals surface area contributed by atoms with Gasteiger partial charge in [-0.3, -0.25) is 0 Å². The van der Waals surface area contributed by atoms with Gasteiger partial charge in [0.05, 0.1) is 22.5 Å². The molecule has 0 atom stereocenters. The minimum atomic E-state index is -3.07. The van der Waals surface area contributed by atoms with Gasteiger partial charge in [-0.25, -0.2) is 18.4 Å². The molecule has 144 valence electrons. The van der Waals surface area contributed by atoms with Crippen molar-refractivity contribution in [3.05, 3.63) is 18.6 Å². The minimum absolute atomic E-state index is 0.107. The first-order valence-electron chi connectivity index (χ1n) is 9.41. The predicted molar refractivity (Wildman–Crippen MR) is 104 cm³/mol. The fourth-order valence-electron chi connectivity index (χ4n) is 4.56. The average Bonchev–Trinajstić information content (AvgIpc) is 3.03. The highest BCUT2D eigenvalue weighted by Crippen LogP contribution is 2.48. The lowest BCUT2D eigenvalue weighted by Gasteiger charge is -2.46. The summed E-state index contributed by atoms with van der Waals surface area (Å²) in [5, 5.41) is 9.59. The third kappa shape index (κ3) is 3.29. The molecule has 0 saturated heterocycles. The van der Waals surface area contributed by atoms with Gasteiger partial charge in [-0.05, 0) is 43.1 Å². The summed E-state index contributed by atoms with van der Waals surface area (Å²) in [4.78, 5) is 13.9. The van der Waals surface area contributed by atoms with Crippen molar-refractivity contribution >= 4 is 26.7 Å². The number of hydrogen-bond acceptors (Lipinski definition) is 6.